The Morgan fingerprint density at radius 3 is 2.38 bits per heavy atom. The van der Waals surface area contributed by atoms with E-state index in [0.717, 1.165) is 5.75 Å². The van der Waals surface area contributed by atoms with Gasteiger partial charge in [0.1, 0.15) is 0 Å². The molecule has 0 heterocycles. The second kappa shape index (κ2) is 3.04. The minimum absolute atomic E-state index is 0.201. The SMILES string of the molecule is [CH2]CNS(=O)(=O)[CH]C. The van der Waals surface area contributed by atoms with Gasteiger partial charge < -0.3 is 0 Å². The highest BCUT2D eigenvalue weighted by Gasteiger charge is 2.01. The van der Waals surface area contributed by atoms with E-state index in [1.54, 1.807) is 0 Å². The highest BCUT2D eigenvalue weighted by molar-refractivity contribution is 7.91. The molecule has 0 aromatic heterocycles. The van der Waals surface area contributed by atoms with Gasteiger partial charge in [0.25, 0.3) is 0 Å². The van der Waals surface area contributed by atoms with Gasteiger partial charge in [-0.1, -0.05) is 0 Å². The van der Waals surface area contributed by atoms with Crippen LogP contribution >= 0.6 is 0 Å². The van der Waals surface area contributed by atoms with Crippen molar-refractivity contribution in [2.75, 3.05) is 6.54 Å². The topological polar surface area (TPSA) is 46.2 Å². The third-order valence-corrected chi connectivity index (χ3v) is 1.84. The summed E-state index contributed by atoms with van der Waals surface area (Å²) in [5.74, 6) is 1.10. The molecule has 48 valence electrons. The maximum atomic E-state index is 10.4. The summed E-state index contributed by atoms with van der Waals surface area (Å²) < 4.78 is 23.0. The minimum atomic E-state index is -3.11. The van der Waals surface area contributed by atoms with Gasteiger partial charge in [-0.2, -0.15) is 0 Å². The van der Waals surface area contributed by atoms with Crippen LogP contribution in [0.4, 0.5) is 0 Å². The number of hydrogen-bond acceptors (Lipinski definition) is 2. The zero-order valence-corrected chi connectivity index (χ0v) is 5.53. The third-order valence-electron chi connectivity index (χ3n) is 0.614. The van der Waals surface area contributed by atoms with Gasteiger partial charge in [0, 0.05) is 6.54 Å². The molecule has 0 aliphatic rings. The molecule has 8 heavy (non-hydrogen) atoms. The van der Waals surface area contributed by atoms with E-state index < -0.39 is 10.0 Å². The van der Waals surface area contributed by atoms with E-state index >= 15 is 0 Å². The van der Waals surface area contributed by atoms with Crippen molar-refractivity contribution in [3.63, 3.8) is 0 Å². The van der Waals surface area contributed by atoms with Crippen LogP contribution in [0.15, 0.2) is 0 Å². The van der Waals surface area contributed by atoms with E-state index in [4.69, 9.17) is 0 Å². The summed E-state index contributed by atoms with van der Waals surface area (Å²) in [6.07, 6.45) is 0. The van der Waals surface area contributed by atoms with Crippen molar-refractivity contribution in [2.24, 2.45) is 0 Å². The van der Waals surface area contributed by atoms with Gasteiger partial charge in [0.2, 0.25) is 10.0 Å². The monoisotopic (exact) mass is 135 g/mol. The highest BCUT2D eigenvalue weighted by atomic mass is 32.2. The second-order valence-electron chi connectivity index (χ2n) is 1.18. The third kappa shape index (κ3) is 2.98. The van der Waals surface area contributed by atoms with Gasteiger partial charge in [-0.25, -0.2) is 13.1 Å². The molecule has 0 fully saturated rings. The minimum Gasteiger partial charge on any atom is -0.215 e. The van der Waals surface area contributed by atoms with Crippen molar-refractivity contribution in [1.29, 1.82) is 0 Å². The van der Waals surface area contributed by atoms with Crippen molar-refractivity contribution in [1.82, 2.24) is 4.72 Å². The summed E-state index contributed by atoms with van der Waals surface area (Å²) in [4.78, 5) is 0. The van der Waals surface area contributed by atoms with Crippen molar-refractivity contribution >= 4 is 10.0 Å². The lowest BCUT2D eigenvalue weighted by molar-refractivity contribution is 0.591. The van der Waals surface area contributed by atoms with Crippen LogP contribution in [0.3, 0.4) is 0 Å². The zero-order valence-electron chi connectivity index (χ0n) is 4.72. The molecule has 0 aliphatic heterocycles. The highest BCUT2D eigenvalue weighted by Crippen LogP contribution is 1.85. The maximum absolute atomic E-state index is 10.4. The lowest BCUT2D eigenvalue weighted by atomic mass is 10.8. The zero-order chi connectivity index (χ0) is 6.62. The normalized spacial score (nSPS) is 11.8. The fraction of sp³-hybridized carbons (Fsp3) is 0.500. The molecule has 0 rings (SSSR count). The first-order chi connectivity index (χ1) is 3.62. The van der Waals surface area contributed by atoms with Crippen molar-refractivity contribution in [3.8, 4) is 0 Å². The van der Waals surface area contributed by atoms with Crippen LogP contribution in [0.2, 0.25) is 0 Å². The summed E-state index contributed by atoms with van der Waals surface area (Å²) in [6.45, 7) is 4.97. The molecular weight excluding hydrogens is 126 g/mol. The molecule has 0 amide bonds. The van der Waals surface area contributed by atoms with Crippen LogP contribution in [-0.4, -0.2) is 15.0 Å². The molecule has 0 unspecified atom stereocenters. The number of hydrogen-bond donors (Lipinski definition) is 1. The Balaban J connectivity index is 3.76. The Kier molecular flexibility index (Phi) is 3.01. The molecule has 0 spiro atoms. The first kappa shape index (κ1) is 7.91. The van der Waals surface area contributed by atoms with Crippen molar-refractivity contribution < 1.29 is 8.42 Å². The second-order valence-corrected chi connectivity index (χ2v) is 3.03. The molecule has 0 atom stereocenters. The average molecular weight is 135 g/mol. The van der Waals surface area contributed by atoms with Crippen molar-refractivity contribution in [2.45, 2.75) is 6.92 Å². The van der Waals surface area contributed by atoms with Crippen LogP contribution < -0.4 is 4.72 Å². The Morgan fingerprint density at radius 2 is 2.25 bits per heavy atom. The van der Waals surface area contributed by atoms with E-state index in [9.17, 15) is 8.42 Å². The summed E-state index contributed by atoms with van der Waals surface area (Å²) >= 11 is 0. The first-order valence-corrected chi connectivity index (χ1v) is 3.75. The molecule has 0 saturated heterocycles. The molecule has 0 bridgehead atoms. The largest absolute Gasteiger partial charge is 0.215 e. The van der Waals surface area contributed by atoms with Crippen LogP contribution in [-0.2, 0) is 10.0 Å². The predicted molar refractivity (Wildman–Crippen MR) is 32.3 cm³/mol. The molecular formula is C4H9NO2S. The predicted octanol–water partition coefficient (Wildman–Crippen LogP) is -0.0784. The molecule has 3 nitrogen and oxygen atoms in total. The molecule has 4 heteroatoms. The summed E-state index contributed by atoms with van der Waals surface area (Å²) in [6, 6.07) is 0. The standard InChI is InChI=1S/C4H9NO2S/c1-3-5-8(6,7)4-2/h4-5H,1,3H2,2H3. The van der Waals surface area contributed by atoms with Gasteiger partial charge in [-0.05, 0) is 13.8 Å². The fourth-order valence-electron chi connectivity index (χ4n) is 0.226. The molecule has 0 aromatic rings. The van der Waals surface area contributed by atoms with Gasteiger partial charge >= 0.3 is 0 Å². The molecule has 0 aromatic carbocycles. The average Bonchev–Trinajstić information content (AvgIpc) is 1.67. The van der Waals surface area contributed by atoms with Crippen LogP contribution in [0.1, 0.15) is 6.92 Å². The fourth-order valence-corrected chi connectivity index (χ4v) is 0.677. The van der Waals surface area contributed by atoms with E-state index in [-0.39, 0.29) is 6.54 Å². The van der Waals surface area contributed by atoms with Crippen LogP contribution in [0.5, 0.6) is 0 Å². The number of nitrogens with one attached hydrogen (secondary N) is 1. The lowest BCUT2D eigenvalue weighted by Crippen LogP contribution is -2.21. The smallest absolute Gasteiger partial charge is 0.215 e. The molecule has 0 aliphatic carbocycles. The maximum Gasteiger partial charge on any atom is 0.215 e. The van der Waals surface area contributed by atoms with Gasteiger partial charge in [0.05, 0.1) is 5.75 Å². The lowest BCUT2D eigenvalue weighted by Gasteiger charge is -1.96. The first-order valence-electron chi connectivity index (χ1n) is 2.20. The summed E-state index contributed by atoms with van der Waals surface area (Å²) in [7, 11) is -3.11. The Morgan fingerprint density at radius 1 is 1.75 bits per heavy atom. The molecule has 1 N–H and O–H groups in total. The van der Waals surface area contributed by atoms with Gasteiger partial charge in [0.15, 0.2) is 0 Å². The van der Waals surface area contributed by atoms with Crippen LogP contribution in [0, 0.1) is 12.7 Å². The van der Waals surface area contributed by atoms with E-state index in [1.807, 2.05) is 0 Å². The quantitative estimate of drug-likeness (QED) is 0.588. The van der Waals surface area contributed by atoms with Gasteiger partial charge in [-0.3, -0.25) is 0 Å². The number of rotatable bonds is 3. The summed E-state index contributed by atoms with van der Waals surface area (Å²) in [5.41, 5.74) is 0. The Hall–Kier alpha value is -0.0900. The van der Waals surface area contributed by atoms with Gasteiger partial charge in [-0.15, -0.1) is 0 Å². The van der Waals surface area contributed by atoms with E-state index in [1.165, 1.54) is 6.92 Å². The van der Waals surface area contributed by atoms with Crippen molar-refractivity contribution in [3.05, 3.63) is 12.7 Å². The Bertz CT molecular complexity index is 138. The van der Waals surface area contributed by atoms with Crippen LogP contribution in [0.25, 0.3) is 0 Å². The molecule has 2 radical (unpaired) electrons. The number of sulfonamides is 1. The van der Waals surface area contributed by atoms with E-state index in [2.05, 4.69) is 11.6 Å². The Labute approximate surface area is 50.1 Å². The summed E-state index contributed by atoms with van der Waals surface area (Å²) in [5, 5.41) is 0. The van der Waals surface area contributed by atoms with E-state index in [0.29, 0.717) is 0 Å². The molecule has 0 saturated carbocycles.